The Hall–Kier alpha value is -2.52. The number of hydrogen-bond donors (Lipinski definition) is 4. The van der Waals surface area contributed by atoms with Crippen LogP contribution in [0.1, 0.15) is 59.9 Å². The van der Waals surface area contributed by atoms with E-state index < -0.39 is 17.7 Å². The van der Waals surface area contributed by atoms with Gasteiger partial charge in [-0.15, -0.1) is 0 Å². The number of fused-ring (bicyclic) bond motifs is 1. The number of hydroxylamine groups is 2. The molecule has 0 saturated carbocycles. The Kier molecular flexibility index (Phi) is 8.34. The number of hydrogen-bond acceptors (Lipinski definition) is 6. The second-order valence-electron chi connectivity index (χ2n) is 7.02. The normalized spacial score (nSPS) is 14.0. The van der Waals surface area contributed by atoms with Crippen LogP contribution in [-0.4, -0.2) is 46.6 Å². The molecule has 9 heteroatoms. The summed E-state index contributed by atoms with van der Waals surface area (Å²) in [6.45, 7) is 5.21. The lowest BCUT2D eigenvalue weighted by atomic mass is 10.0. The Morgan fingerprint density at radius 1 is 1.39 bits per heavy atom. The van der Waals surface area contributed by atoms with E-state index in [0.717, 1.165) is 43.5 Å². The van der Waals surface area contributed by atoms with Crippen molar-refractivity contribution < 1.29 is 19.6 Å². The number of nitrogens with zero attached hydrogens (tertiary/aromatic N) is 2. The molecule has 1 aliphatic rings. The number of rotatable bonds is 9. The number of aromatic nitrogens is 1. The van der Waals surface area contributed by atoms with Crippen molar-refractivity contribution in [2.45, 2.75) is 52.5 Å². The van der Waals surface area contributed by atoms with Gasteiger partial charge in [-0.05, 0) is 25.0 Å². The van der Waals surface area contributed by atoms with Crippen molar-refractivity contribution in [1.82, 2.24) is 26.2 Å². The Labute approximate surface area is 164 Å². The molecule has 0 radical (unpaired) electrons. The summed E-state index contributed by atoms with van der Waals surface area (Å²) in [5.41, 5.74) is 7.81. The van der Waals surface area contributed by atoms with Gasteiger partial charge in [0, 0.05) is 25.2 Å². The summed E-state index contributed by atoms with van der Waals surface area (Å²) in [4.78, 5) is 40.1. The van der Waals surface area contributed by atoms with Crippen LogP contribution < -0.4 is 16.2 Å². The zero-order chi connectivity index (χ0) is 20.5. The summed E-state index contributed by atoms with van der Waals surface area (Å²) in [5, 5.41) is 13.1. The maximum Gasteiger partial charge on any atom is 0.271 e. The number of pyridine rings is 1. The molecule has 1 aliphatic heterocycles. The molecule has 154 valence electrons. The van der Waals surface area contributed by atoms with Crippen LogP contribution in [-0.2, 0) is 22.6 Å². The van der Waals surface area contributed by atoms with Gasteiger partial charge in [-0.3, -0.25) is 35.4 Å². The van der Waals surface area contributed by atoms with Crippen molar-refractivity contribution in [2.24, 2.45) is 5.92 Å². The quantitative estimate of drug-likeness (QED) is 0.214. The maximum atomic E-state index is 12.5. The predicted molar refractivity (Wildman–Crippen MR) is 102 cm³/mol. The molecule has 1 aromatic heterocycles. The van der Waals surface area contributed by atoms with Gasteiger partial charge >= 0.3 is 0 Å². The molecule has 2 rings (SSSR count). The highest BCUT2D eigenvalue weighted by atomic mass is 16.5. The molecular formula is C19H29N5O4. The first kappa shape index (κ1) is 21.8. The minimum absolute atomic E-state index is 0.125. The number of carbonyl (C=O) groups excluding carboxylic acids is 3. The van der Waals surface area contributed by atoms with Crippen LogP contribution in [0.5, 0.6) is 0 Å². The number of carbonyl (C=O) groups is 3. The summed E-state index contributed by atoms with van der Waals surface area (Å²) >= 11 is 0. The summed E-state index contributed by atoms with van der Waals surface area (Å²) in [6, 6.07) is 1.80. The minimum Gasteiger partial charge on any atom is -0.312 e. The lowest BCUT2D eigenvalue weighted by Crippen LogP contribution is -2.47. The molecule has 0 aliphatic carbocycles. The zero-order valence-electron chi connectivity index (χ0n) is 16.5. The van der Waals surface area contributed by atoms with Crippen LogP contribution in [0.4, 0.5) is 0 Å². The summed E-state index contributed by atoms with van der Waals surface area (Å²) in [6.07, 6.45) is 4.30. The first-order valence-electron chi connectivity index (χ1n) is 9.67. The fraction of sp³-hybridized carbons (Fsp3) is 0.579. The maximum absolute atomic E-state index is 12.5. The second-order valence-corrected chi connectivity index (χ2v) is 7.02. The Morgan fingerprint density at radius 3 is 2.89 bits per heavy atom. The molecule has 1 aromatic rings. The summed E-state index contributed by atoms with van der Waals surface area (Å²) < 4.78 is 0. The SMILES string of the molecule is CCCCC[C@H](CN(O)C=O)C(=O)NNC(=O)c1cc2c(nc1C)CCNC2. The van der Waals surface area contributed by atoms with E-state index >= 15 is 0 Å². The number of unbranched alkanes of at least 4 members (excludes halogenated alkanes) is 2. The Balaban J connectivity index is 1.98. The number of nitrogens with one attached hydrogen (secondary N) is 3. The van der Waals surface area contributed by atoms with E-state index in [1.54, 1.807) is 13.0 Å². The van der Waals surface area contributed by atoms with Crippen LogP contribution in [0.15, 0.2) is 6.07 Å². The van der Waals surface area contributed by atoms with E-state index in [0.29, 0.717) is 29.3 Å². The van der Waals surface area contributed by atoms with Gasteiger partial charge in [0.1, 0.15) is 0 Å². The highest BCUT2D eigenvalue weighted by Gasteiger charge is 2.22. The van der Waals surface area contributed by atoms with Crippen LogP contribution in [0, 0.1) is 12.8 Å². The number of aryl methyl sites for hydroxylation is 1. The van der Waals surface area contributed by atoms with Crippen molar-refractivity contribution in [3.05, 3.63) is 28.6 Å². The van der Waals surface area contributed by atoms with Crippen LogP contribution in [0.25, 0.3) is 0 Å². The van der Waals surface area contributed by atoms with E-state index in [1.165, 1.54) is 0 Å². The molecule has 9 nitrogen and oxygen atoms in total. The van der Waals surface area contributed by atoms with E-state index in [-0.39, 0.29) is 13.0 Å². The second kappa shape index (κ2) is 10.7. The first-order valence-corrected chi connectivity index (χ1v) is 9.67. The summed E-state index contributed by atoms with van der Waals surface area (Å²) in [5.74, 6) is -1.51. The fourth-order valence-electron chi connectivity index (χ4n) is 3.23. The van der Waals surface area contributed by atoms with Gasteiger partial charge in [0.25, 0.3) is 5.91 Å². The highest BCUT2D eigenvalue weighted by molar-refractivity contribution is 5.96. The molecule has 0 saturated heterocycles. The predicted octanol–water partition coefficient (Wildman–Crippen LogP) is 0.841. The number of amides is 3. The third kappa shape index (κ3) is 6.00. The minimum atomic E-state index is -0.617. The summed E-state index contributed by atoms with van der Waals surface area (Å²) in [7, 11) is 0. The molecule has 0 spiro atoms. The molecule has 0 fully saturated rings. The topological polar surface area (TPSA) is 124 Å². The lowest BCUT2D eigenvalue weighted by Gasteiger charge is -2.20. The largest absolute Gasteiger partial charge is 0.312 e. The third-order valence-electron chi connectivity index (χ3n) is 4.84. The molecule has 4 N–H and O–H groups in total. The van der Waals surface area contributed by atoms with Gasteiger partial charge in [-0.2, -0.15) is 0 Å². The van der Waals surface area contributed by atoms with Gasteiger partial charge in [0.15, 0.2) is 0 Å². The first-order chi connectivity index (χ1) is 13.5. The van der Waals surface area contributed by atoms with Crippen molar-refractivity contribution in [3.8, 4) is 0 Å². The lowest BCUT2D eigenvalue weighted by molar-refractivity contribution is -0.154. The average molecular weight is 391 g/mol. The average Bonchev–Trinajstić information content (AvgIpc) is 2.70. The van der Waals surface area contributed by atoms with Crippen molar-refractivity contribution in [2.75, 3.05) is 13.1 Å². The fourth-order valence-corrected chi connectivity index (χ4v) is 3.23. The van der Waals surface area contributed by atoms with Crippen molar-refractivity contribution in [3.63, 3.8) is 0 Å². The van der Waals surface area contributed by atoms with Gasteiger partial charge in [0.2, 0.25) is 12.3 Å². The van der Waals surface area contributed by atoms with Crippen LogP contribution in [0.2, 0.25) is 0 Å². The Morgan fingerprint density at radius 2 is 2.18 bits per heavy atom. The molecule has 0 unspecified atom stereocenters. The van der Waals surface area contributed by atoms with E-state index in [1.807, 2.05) is 6.92 Å². The third-order valence-corrected chi connectivity index (χ3v) is 4.84. The van der Waals surface area contributed by atoms with Crippen LogP contribution in [0.3, 0.4) is 0 Å². The van der Waals surface area contributed by atoms with E-state index in [2.05, 4.69) is 21.2 Å². The Bertz CT molecular complexity index is 710. The van der Waals surface area contributed by atoms with E-state index in [9.17, 15) is 19.6 Å². The number of hydrazine groups is 1. The highest BCUT2D eigenvalue weighted by Crippen LogP contribution is 2.16. The molecule has 2 heterocycles. The van der Waals surface area contributed by atoms with Crippen molar-refractivity contribution >= 4 is 18.2 Å². The smallest absolute Gasteiger partial charge is 0.271 e. The molecular weight excluding hydrogens is 362 g/mol. The van der Waals surface area contributed by atoms with Gasteiger partial charge in [-0.25, -0.2) is 5.06 Å². The molecule has 0 aromatic carbocycles. The molecule has 28 heavy (non-hydrogen) atoms. The van der Waals surface area contributed by atoms with Gasteiger partial charge in [0.05, 0.1) is 23.7 Å². The van der Waals surface area contributed by atoms with Crippen molar-refractivity contribution in [1.29, 1.82) is 0 Å². The molecule has 0 bridgehead atoms. The zero-order valence-corrected chi connectivity index (χ0v) is 16.5. The van der Waals surface area contributed by atoms with Gasteiger partial charge < -0.3 is 5.32 Å². The standard InChI is InChI=1S/C19H29N5O4/c1-3-4-5-6-14(11-24(28)12-25)18(26)22-23-19(27)16-9-15-10-20-8-7-17(15)21-13(16)2/h9,12,14,20,28H,3-8,10-11H2,1-2H3,(H,22,26)(H,23,27)/t14-/m1/s1. The van der Waals surface area contributed by atoms with Crippen LogP contribution >= 0.6 is 0 Å². The monoisotopic (exact) mass is 391 g/mol. The molecule has 1 atom stereocenters. The van der Waals surface area contributed by atoms with Gasteiger partial charge in [-0.1, -0.05) is 26.2 Å². The van der Waals surface area contributed by atoms with E-state index in [4.69, 9.17) is 0 Å². The molecule has 3 amide bonds.